The molecule has 0 spiro atoms. The number of nitrogens with zero attached hydrogens (tertiary/aromatic N) is 1. The Bertz CT molecular complexity index is 757. The number of ether oxygens (including phenoxy) is 3. The van der Waals surface area contributed by atoms with Crippen LogP contribution in [0.5, 0.6) is 17.2 Å². The SMILES string of the molecule is CCOc1ccccc1N=Cc1ccc(O[C@@H](C)C(=O)O)c(OC)c1. The van der Waals surface area contributed by atoms with Crippen molar-refractivity contribution in [2.24, 2.45) is 4.99 Å². The van der Waals surface area contributed by atoms with Gasteiger partial charge in [-0.1, -0.05) is 12.1 Å². The van der Waals surface area contributed by atoms with E-state index in [-0.39, 0.29) is 0 Å². The van der Waals surface area contributed by atoms with E-state index in [4.69, 9.17) is 19.3 Å². The summed E-state index contributed by atoms with van der Waals surface area (Å²) >= 11 is 0. The van der Waals surface area contributed by atoms with Gasteiger partial charge >= 0.3 is 5.97 Å². The molecule has 6 nitrogen and oxygen atoms in total. The maximum Gasteiger partial charge on any atom is 0.344 e. The molecule has 2 rings (SSSR count). The van der Waals surface area contributed by atoms with Gasteiger partial charge < -0.3 is 19.3 Å². The quantitative estimate of drug-likeness (QED) is 0.740. The fraction of sp³-hybridized carbons (Fsp3) is 0.263. The molecule has 0 heterocycles. The number of aliphatic carboxylic acids is 1. The second-order valence-corrected chi connectivity index (χ2v) is 5.17. The van der Waals surface area contributed by atoms with Crippen molar-refractivity contribution >= 4 is 17.9 Å². The van der Waals surface area contributed by atoms with Gasteiger partial charge in [0.2, 0.25) is 0 Å². The van der Waals surface area contributed by atoms with Gasteiger partial charge in [0.05, 0.1) is 13.7 Å². The van der Waals surface area contributed by atoms with Crippen LogP contribution in [0.2, 0.25) is 0 Å². The third-order valence-corrected chi connectivity index (χ3v) is 3.36. The Balaban J connectivity index is 2.22. The minimum atomic E-state index is -1.04. The molecule has 0 amide bonds. The maximum atomic E-state index is 10.9. The highest BCUT2D eigenvalue weighted by molar-refractivity contribution is 5.84. The van der Waals surface area contributed by atoms with E-state index in [0.29, 0.717) is 23.9 Å². The van der Waals surface area contributed by atoms with E-state index in [0.717, 1.165) is 11.3 Å². The molecule has 0 aliphatic carbocycles. The molecule has 0 aromatic heterocycles. The second kappa shape index (κ2) is 8.73. The summed E-state index contributed by atoms with van der Waals surface area (Å²) in [6, 6.07) is 12.7. The van der Waals surface area contributed by atoms with Crippen LogP contribution in [0.15, 0.2) is 47.5 Å². The van der Waals surface area contributed by atoms with Gasteiger partial charge in [-0.15, -0.1) is 0 Å². The van der Waals surface area contributed by atoms with Gasteiger partial charge in [0.15, 0.2) is 17.6 Å². The van der Waals surface area contributed by atoms with Crippen molar-refractivity contribution in [3.05, 3.63) is 48.0 Å². The summed E-state index contributed by atoms with van der Waals surface area (Å²) in [5.74, 6) is 0.475. The van der Waals surface area contributed by atoms with Crippen LogP contribution >= 0.6 is 0 Å². The zero-order valence-electron chi connectivity index (χ0n) is 14.4. The van der Waals surface area contributed by atoms with Crippen LogP contribution in [-0.2, 0) is 4.79 Å². The summed E-state index contributed by atoms with van der Waals surface area (Å²) < 4.78 is 16.2. The normalized spacial score (nSPS) is 12.0. The highest BCUT2D eigenvalue weighted by Gasteiger charge is 2.15. The number of carboxylic acid groups (broad SMARTS) is 1. The lowest BCUT2D eigenvalue weighted by molar-refractivity contribution is -0.144. The van der Waals surface area contributed by atoms with Crippen LogP contribution in [0.3, 0.4) is 0 Å². The van der Waals surface area contributed by atoms with Crippen molar-refractivity contribution in [3.63, 3.8) is 0 Å². The van der Waals surface area contributed by atoms with Crippen molar-refractivity contribution in [1.82, 2.24) is 0 Å². The predicted molar refractivity (Wildman–Crippen MR) is 95.6 cm³/mol. The van der Waals surface area contributed by atoms with E-state index < -0.39 is 12.1 Å². The van der Waals surface area contributed by atoms with Crippen LogP contribution < -0.4 is 14.2 Å². The molecule has 0 aliphatic heterocycles. The van der Waals surface area contributed by atoms with E-state index in [2.05, 4.69) is 4.99 Å². The van der Waals surface area contributed by atoms with Crippen LogP contribution in [-0.4, -0.2) is 37.1 Å². The van der Waals surface area contributed by atoms with Crippen LogP contribution in [0, 0.1) is 0 Å². The summed E-state index contributed by atoms with van der Waals surface area (Å²) in [5.41, 5.74) is 1.52. The molecule has 0 radical (unpaired) electrons. The molecular weight excluding hydrogens is 322 g/mol. The maximum absolute atomic E-state index is 10.9. The van der Waals surface area contributed by atoms with Crippen molar-refractivity contribution in [3.8, 4) is 17.2 Å². The minimum absolute atomic E-state index is 0.365. The first-order chi connectivity index (χ1) is 12.0. The number of para-hydroxylation sites is 2. The lowest BCUT2D eigenvalue weighted by Gasteiger charge is -2.14. The summed E-state index contributed by atoms with van der Waals surface area (Å²) in [5, 5.41) is 8.94. The Kier molecular flexibility index (Phi) is 6.39. The molecular formula is C19H21NO5. The fourth-order valence-electron chi connectivity index (χ4n) is 2.09. The van der Waals surface area contributed by atoms with E-state index >= 15 is 0 Å². The Hall–Kier alpha value is -3.02. The van der Waals surface area contributed by atoms with Gasteiger partial charge in [-0.3, -0.25) is 4.99 Å². The average Bonchev–Trinajstić information content (AvgIpc) is 2.62. The zero-order valence-corrected chi connectivity index (χ0v) is 14.4. The van der Waals surface area contributed by atoms with Gasteiger partial charge in [-0.25, -0.2) is 4.79 Å². The molecule has 0 bridgehead atoms. The van der Waals surface area contributed by atoms with Crippen LogP contribution in [0.1, 0.15) is 19.4 Å². The van der Waals surface area contributed by atoms with Crippen molar-refractivity contribution < 1.29 is 24.1 Å². The molecule has 25 heavy (non-hydrogen) atoms. The Morgan fingerprint density at radius 1 is 1.20 bits per heavy atom. The first-order valence-electron chi connectivity index (χ1n) is 7.88. The largest absolute Gasteiger partial charge is 0.493 e. The van der Waals surface area contributed by atoms with E-state index in [1.54, 1.807) is 24.4 Å². The molecule has 1 N–H and O–H groups in total. The molecule has 6 heteroatoms. The monoisotopic (exact) mass is 343 g/mol. The van der Waals surface area contributed by atoms with E-state index in [1.165, 1.54) is 14.0 Å². The highest BCUT2D eigenvalue weighted by Crippen LogP contribution is 2.30. The first-order valence-corrected chi connectivity index (χ1v) is 7.88. The summed E-state index contributed by atoms with van der Waals surface area (Å²) in [7, 11) is 1.50. The number of hydrogen-bond acceptors (Lipinski definition) is 5. The molecule has 0 fully saturated rings. The van der Waals surface area contributed by atoms with Crippen molar-refractivity contribution in [2.45, 2.75) is 20.0 Å². The van der Waals surface area contributed by atoms with Gasteiger partial charge in [0, 0.05) is 6.21 Å². The molecule has 0 unspecified atom stereocenters. The summed E-state index contributed by atoms with van der Waals surface area (Å²) in [4.78, 5) is 15.4. The number of hydrogen-bond donors (Lipinski definition) is 1. The Labute approximate surface area is 146 Å². The lowest BCUT2D eigenvalue weighted by atomic mass is 10.2. The van der Waals surface area contributed by atoms with Crippen LogP contribution in [0.4, 0.5) is 5.69 Å². The molecule has 2 aromatic rings. The van der Waals surface area contributed by atoms with Gasteiger partial charge in [-0.2, -0.15) is 0 Å². The second-order valence-electron chi connectivity index (χ2n) is 5.17. The van der Waals surface area contributed by atoms with E-state index in [1.807, 2.05) is 31.2 Å². The average molecular weight is 343 g/mol. The molecule has 0 saturated heterocycles. The number of aliphatic imine (C=N–C) groups is 1. The smallest absolute Gasteiger partial charge is 0.344 e. The van der Waals surface area contributed by atoms with Gasteiger partial charge in [-0.05, 0) is 49.7 Å². The Morgan fingerprint density at radius 3 is 2.64 bits per heavy atom. The highest BCUT2D eigenvalue weighted by atomic mass is 16.5. The molecule has 2 aromatic carbocycles. The van der Waals surface area contributed by atoms with Crippen LogP contribution in [0.25, 0.3) is 0 Å². The summed E-state index contributed by atoms with van der Waals surface area (Å²) in [6.45, 7) is 3.94. The number of carboxylic acids is 1. The zero-order chi connectivity index (χ0) is 18.2. The number of benzene rings is 2. The molecule has 1 atom stereocenters. The lowest BCUT2D eigenvalue weighted by Crippen LogP contribution is -2.23. The van der Waals surface area contributed by atoms with Gasteiger partial charge in [0.25, 0.3) is 0 Å². The minimum Gasteiger partial charge on any atom is -0.493 e. The van der Waals surface area contributed by atoms with Gasteiger partial charge in [0.1, 0.15) is 11.4 Å². The number of rotatable bonds is 8. The predicted octanol–water partition coefficient (Wildman–Crippen LogP) is 3.70. The van der Waals surface area contributed by atoms with Crippen molar-refractivity contribution in [2.75, 3.05) is 13.7 Å². The summed E-state index contributed by atoms with van der Waals surface area (Å²) in [6.07, 6.45) is 0.719. The molecule has 0 aliphatic rings. The standard InChI is InChI=1S/C19H21NO5/c1-4-24-16-8-6-5-7-15(16)20-12-14-9-10-17(18(11-14)23-3)25-13(2)19(21)22/h5-13H,4H2,1-3H3,(H,21,22)/t13-/m0/s1. The third kappa shape index (κ3) is 4.97. The van der Waals surface area contributed by atoms with Crippen molar-refractivity contribution in [1.29, 1.82) is 0 Å². The number of methoxy groups -OCH3 is 1. The topological polar surface area (TPSA) is 77.4 Å². The molecule has 0 saturated carbocycles. The molecule has 132 valence electrons. The number of carbonyl (C=O) groups is 1. The Morgan fingerprint density at radius 2 is 1.96 bits per heavy atom. The fourth-order valence-corrected chi connectivity index (χ4v) is 2.09. The van der Waals surface area contributed by atoms with E-state index in [9.17, 15) is 4.79 Å². The third-order valence-electron chi connectivity index (χ3n) is 3.36. The first kappa shape index (κ1) is 18.3.